The number of ether oxygens (including phenoxy) is 1. The Morgan fingerprint density at radius 2 is 1.78 bits per heavy atom. The number of aromatic carboxylic acids is 1. The Hall–Kier alpha value is -3.94. The molecule has 2 heterocycles. The molecule has 0 aliphatic carbocycles. The van der Waals surface area contributed by atoms with Crippen molar-refractivity contribution in [3.8, 4) is 5.75 Å². The number of carboxylic acids is 1. The van der Waals surface area contributed by atoms with E-state index in [0.717, 1.165) is 28.3 Å². The molecular formula is C24H24N4O4. The molecule has 164 valence electrons. The van der Waals surface area contributed by atoms with Crippen molar-refractivity contribution in [2.45, 2.75) is 33.2 Å². The zero-order valence-electron chi connectivity index (χ0n) is 18.0. The van der Waals surface area contributed by atoms with Gasteiger partial charge < -0.3 is 14.3 Å². The lowest BCUT2D eigenvalue weighted by molar-refractivity contribution is 0.0683. The fourth-order valence-electron chi connectivity index (χ4n) is 3.54. The van der Waals surface area contributed by atoms with Crippen LogP contribution in [0, 0.1) is 13.8 Å². The Morgan fingerprint density at radius 1 is 1.03 bits per heavy atom. The number of benzene rings is 2. The first kappa shape index (κ1) is 21.3. The summed E-state index contributed by atoms with van der Waals surface area (Å²) in [5.41, 5.74) is 3.32. The van der Waals surface area contributed by atoms with E-state index in [-0.39, 0.29) is 5.69 Å². The average Bonchev–Trinajstić information content (AvgIpc) is 3.31. The van der Waals surface area contributed by atoms with E-state index in [1.54, 1.807) is 0 Å². The zero-order chi connectivity index (χ0) is 22.5. The molecule has 4 rings (SSSR count). The molecule has 2 aromatic heterocycles. The summed E-state index contributed by atoms with van der Waals surface area (Å²) in [6, 6.07) is 17.1. The fraction of sp³-hybridized carbons (Fsp3) is 0.250. The third-order valence-electron chi connectivity index (χ3n) is 5.08. The molecule has 32 heavy (non-hydrogen) atoms. The van der Waals surface area contributed by atoms with Crippen molar-refractivity contribution in [1.82, 2.24) is 20.0 Å². The highest BCUT2D eigenvalue weighted by Gasteiger charge is 2.20. The van der Waals surface area contributed by atoms with Crippen LogP contribution in [-0.2, 0) is 19.4 Å². The number of hydrogen-bond donors (Lipinski definition) is 1. The van der Waals surface area contributed by atoms with Crippen LogP contribution >= 0.6 is 0 Å². The Balaban J connectivity index is 1.39. The molecule has 0 atom stereocenters. The maximum Gasteiger partial charge on any atom is 0.356 e. The number of aryl methyl sites for hydroxylation is 2. The summed E-state index contributed by atoms with van der Waals surface area (Å²) in [4.78, 5) is 16.2. The smallest absolute Gasteiger partial charge is 0.356 e. The monoisotopic (exact) mass is 432 g/mol. The maximum absolute atomic E-state index is 11.9. The summed E-state index contributed by atoms with van der Waals surface area (Å²) in [5, 5.41) is 17.9. The number of rotatable bonds is 9. The Labute approximate surface area is 185 Å². The van der Waals surface area contributed by atoms with Crippen molar-refractivity contribution >= 4 is 5.97 Å². The van der Waals surface area contributed by atoms with Crippen LogP contribution in [0.25, 0.3) is 0 Å². The van der Waals surface area contributed by atoms with E-state index >= 15 is 0 Å². The van der Waals surface area contributed by atoms with Gasteiger partial charge in [-0.25, -0.2) is 14.5 Å². The summed E-state index contributed by atoms with van der Waals surface area (Å²) in [6.07, 6.45) is 1.03. The second-order valence-corrected chi connectivity index (χ2v) is 7.49. The molecule has 4 aromatic rings. The summed E-state index contributed by atoms with van der Waals surface area (Å²) in [7, 11) is 0. The van der Waals surface area contributed by atoms with Crippen molar-refractivity contribution in [3.63, 3.8) is 0 Å². The number of oxazole rings is 1. The van der Waals surface area contributed by atoms with Crippen LogP contribution in [0.1, 0.15) is 44.7 Å². The van der Waals surface area contributed by atoms with Crippen LogP contribution in [0.15, 0.2) is 59.0 Å². The van der Waals surface area contributed by atoms with Crippen molar-refractivity contribution in [3.05, 3.63) is 94.5 Å². The van der Waals surface area contributed by atoms with Gasteiger partial charge in [0, 0.05) is 19.8 Å². The van der Waals surface area contributed by atoms with Gasteiger partial charge in [-0.05, 0) is 30.2 Å². The van der Waals surface area contributed by atoms with Gasteiger partial charge in [-0.3, -0.25) is 0 Å². The van der Waals surface area contributed by atoms with Crippen LogP contribution in [0.4, 0.5) is 0 Å². The molecule has 0 amide bonds. The van der Waals surface area contributed by atoms with Gasteiger partial charge in [0.05, 0.1) is 18.8 Å². The van der Waals surface area contributed by atoms with Crippen LogP contribution in [0.3, 0.4) is 0 Å². The van der Waals surface area contributed by atoms with Gasteiger partial charge in [0.1, 0.15) is 17.2 Å². The number of carboxylic acid groups (broad SMARTS) is 1. The first-order chi connectivity index (χ1) is 15.5. The summed E-state index contributed by atoms with van der Waals surface area (Å²) in [6.45, 7) is 4.56. The molecule has 0 saturated carbocycles. The zero-order valence-corrected chi connectivity index (χ0v) is 18.0. The quantitative estimate of drug-likeness (QED) is 0.428. The highest BCUT2D eigenvalue weighted by molar-refractivity contribution is 5.87. The second-order valence-electron chi connectivity index (χ2n) is 7.49. The lowest BCUT2D eigenvalue weighted by Crippen LogP contribution is -2.12. The molecule has 0 spiro atoms. The molecule has 0 aliphatic heterocycles. The third-order valence-corrected chi connectivity index (χ3v) is 5.08. The number of hydrogen-bond acceptors (Lipinski definition) is 6. The van der Waals surface area contributed by atoms with E-state index in [1.165, 1.54) is 4.68 Å². The van der Waals surface area contributed by atoms with Crippen molar-refractivity contribution < 1.29 is 19.1 Å². The maximum atomic E-state index is 11.9. The van der Waals surface area contributed by atoms with E-state index in [2.05, 4.69) is 15.3 Å². The second kappa shape index (κ2) is 9.47. The van der Waals surface area contributed by atoms with E-state index < -0.39 is 5.97 Å². The molecule has 0 bridgehead atoms. The van der Waals surface area contributed by atoms with Crippen molar-refractivity contribution in [2.24, 2.45) is 0 Å². The van der Waals surface area contributed by atoms with Gasteiger partial charge in [0.15, 0.2) is 11.6 Å². The number of aromatic nitrogens is 4. The molecule has 2 aromatic carbocycles. The van der Waals surface area contributed by atoms with Gasteiger partial charge in [0.25, 0.3) is 0 Å². The molecule has 8 heteroatoms. The predicted molar refractivity (Wildman–Crippen MR) is 117 cm³/mol. The van der Waals surface area contributed by atoms with Crippen molar-refractivity contribution in [2.75, 3.05) is 6.61 Å². The lowest BCUT2D eigenvalue weighted by atomic mass is 10.1. The highest BCUT2D eigenvalue weighted by atomic mass is 16.5. The minimum atomic E-state index is -1.04. The van der Waals surface area contributed by atoms with Crippen LogP contribution in [0.2, 0.25) is 0 Å². The fourth-order valence-corrected chi connectivity index (χ4v) is 3.54. The third kappa shape index (κ3) is 5.03. The Kier molecular flexibility index (Phi) is 6.30. The summed E-state index contributed by atoms with van der Waals surface area (Å²) >= 11 is 0. The SMILES string of the molecule is Cc1nc(CCOc2ccc(Cc3nnn(Cc4ccccc4)c3C(=O)O)cc2)c(C)o1. The molecule has 0 fully saturated rings. The predicted octanol–water partition coefficient (Wildman–Crippen LogP) is 3.84. The first-order valence-electron chi connectivity index (χ1n) is 10.3. The molecule has 8 nitrogen and oxygen atoms in total. The normalized spacial score (nSPS) is 10.9. The summed E-state index contributed by atoms with van der Waals surface area (Å²) < 4.78 is 12.7. The van der Waals surface area contributed by atoms with Gasteiger partial charge in [0.2, 0.25) is 0 Å². The standard InChI is InChI=1S/C24H24N4O4/c1-16-21(25-17(2)32-16)12-13-31-20-10-8-18(9-11-20)14-22-23(24(29)30)28(27-26-22)15-19-6-4-3-5-7-19/h3-11H,12-15H2,1-2H3,(H,29,30). The Morgan fingerprint density at radius 3 is 2.44 bits per heavy atom. The number of nitrogens with zero attached hydrogens (tertiary/aromatic N) is 4. The minimum Gasteiger partial charge on any atom is -0.493 e. The van der Waals surface area contributed by atoms with Crippen molar-refractivity contribution in [1.29, 1.82) is 0 Å². The van der Waals surface area contributed by atoms with E-state index in [1.807, 2.05) is 68.4 Å². The lowest BCUT2D eigenvalue weighted by Gasteiger charge is -2.07. The topological polar surface area (TPSA) is 103 Å². The number of carbonyl (C=O) groups is 1. The van der Waals surface area contributed by atoms with Crippen LogP contribution in [0.5, 0.6) is 5.75 Å². The Bertz CT molecular complexity index is 1200. The molecule has 1 N–H and O–H groups in total. The van der Waals surface area contributed by atoms with Gasteiger partial charge in [-0.1, -0.05) is 47.7 Å². The molecule has 0 unspecified atom stereocenters. The highest BCUT2D eigenvalue weighted by Crippen LogP contribution is 2.18. The van der Waals surface area contributed by atoms with Gasteiger partial charge in [-0.2, -0.15) is 0 Å². The van der Waals surface area contributed by atoms with Gasteiger partial charge >= 0.3 is 5.97 Å². The van der Waals surface area contributed by atoms with Gasteiger partial charge in [-0.15, -0.1) is 5.10 Å². The van der Waals surface area contributed by atoms with Crippen LogP contribution < -0.4 is 4.74 Å². The molecule has 0 radical (unpaired) electrons. The average molecular weight is 432 g/mol. The van der Waals surface area contributed by atoms with E-state index in [9.17, 15) is 9.90 Å². The van der Waals surface area contributed by atoms with E-state index in [4.69, 9.17) is 9.15 Å². The molecule has 0 saturated heterocycles. The first-order valence-corrected chi connectivity index (χ1v) is 10.3. The summed E-state index contributed by atoms with van der Waals surface area (Å²) in [5.74, 6) is 1.16. The van der Waals surface area contributed by atoms with E-state index in [0.29, 0.717) is 37.6 Å². The minimum absolute atomic E-state index is 0.104. The largest absolute Gasteiger partial charge is 0.493 e. The van der Waals surface area contributed by atoms with Crippen LogP contribution in [-0.4, -0.2) is 37.7 Å². The molecule has 0 aliphatic rings. The molecular weight excluding hydrogens is 408 g/mol.